The second kappa shape index (κ2) is 8.71. The third kappa shape index (κ3) is 4.65. The number of hydrogen-bond acceptors (Lipinski definition) is 6. The molecule has 31 heavy (non-hydrogen) atoms. The number of carbonyl (C=O) groups excluding carboxylic acids is 1. The molecule has 4 rings (SSSR count). The molecule has 2 aromatic carbocycles. The molecule has 3 aromatic rings. The molecule has 4 N–H and O–H groups in total. The van der Waals surface area contributed by atoms with Crippen molar-refractivity contribution in [3.63, 3.8) is 0 Å². The van der Waals surface area contributed by atoms with Crippen molar-refractivity contribution in [1.29, 1.82) is 0 Å². The molecule has 0 fully saturated rings. The lowest BCUT2D eigenvalue weighted by Gasteiger charge is -2.19. The molecule has 0 saturated carbocycles. The van der Waals surface area contributed by atoms with E-state index in [2.05, 4.69) is 22.4 Å². The van der Waals surface area contributed by atoms with Crippen LogP contribution >= 0.6 is 0 Å². The van der Waals surface area contributed by atoms with E-state index >= 15 is 0 Å². The molecular formula is C23H22N2O6. The Kier molecular flexibility index (Phi) is 5.83. The maximum atomic E-state index is 11.8. The number of esters is 1. The van der Waals surface area contributed by atoms with Gasteiger partial charge in [-0.2, -0.15) is 0 Å². The molecule has 160 valence electrons. The third-order valence-electron chi connectivity index (χ3n) is 5.42. The second-order valence-electron chi connectivity index (χ2n) is 7.61. The predicted octanol–water partition coefficient (Wildman–Crippen LogP) is 1.70. The molecule has 0 bridgehead atoms. The van der Waals surface area contributed by atoms with E-state index in [1.807, 2.05) is 12.1 Å². The molecule has 1 unspecified atom stereocenters. The number of carboxylic acid groups (broad SMARTS) is 1. The Balaban J connectivity index is 1.52. The summed E-state index contributed by atoms with van der Waals surface area (Å²) in [6, 6.07) is 14.4. The molecule has 0 saturated heterocycles. The minimum absolute atomic E-state index is 0.0362. The molecule has 1 heterocycles. The van der Waals surface area contributed by atoms with Crippen molar-refractivity contribution in [2.45, 2.75) is 31.4 Å². The first-order chi connectivity index (χ1) is 14.9. The maximum absolute atomic E-state index is 11.8. The zero-order valence-corrected chi connectivity index (χ0v) is 16.6. The van der Waals surface area contributed by atoms with E-state index in [4.69, 9.17) is 9.84 Å². The van der Waals surface area contributed by atoms with E-state index in [0.717, 1.165) is 12.8 Å². The van der Waals surface area contributed by atoms with Crippen LogP contribution in [0.15, 0.2) is 53.3 Å². The number of aliphatic hydroxyl groups excluding tert-OH is 1. The Hall–Kier alpha value is -3.49. The van der Waals surface area contributed by atoms with Crippen molar-refractivity contribution in [2.24, 2.45) is 0 Å². The largest absolute Gasteiger partial charge is 0.481 e. The smallest absolute Gasteiger partial charge is 0.322 e. The number of carboxylic acids is 1. The molecule has 0 radical (unpaired) electrons. The Morgan fingerprint density at radius 1 is 1.10 bits per heavy atom. The quantitative estimate of drug-likeness (QED) is 0.259. The van der Waals surface area contributed by atoms with Crippen LogP contribution in [0.2, 0.25) is 0 Å². The summed E-state index contributed by atoms with van der Waals surface area (Å²) in [6.07, 6.45) is 0.141. The Labute approximate surface area is 177 Å². The van der Waals surface area contributed by atoms with Gasteiger partial charge in [0.25, 0.3) is 0 Å². The number of carbonyl (C=O) groups is 2. The summed E-state index contributed by atoms with van der Waals surface area (Å²) < 4.78 is 5.12. The lowest BCUT2D eigenvalue weighted by molar-refractivity contribution is -0.145. The molecule has 1 aliphatic rings. The fourth-order valence-corrected chi connectivity index (χ4v) is 4.00. The number of pyridine rings is 1. The molecule has 8 heteroatoms. The number of hydrogen-bond donors (Lipinski definition) is 4. The molecular weight excluding hydrogens is 400 g/mol. The van der Waals surface area contributed by atoms with Crippen LogP contribution in [0.1, 0.15) is 29.2 Å². The number of fused-ring (bicyclic) bond motifs is 2. The zero-order chi connectivity index (χ0) is 22.0. The van der Waals surface area contributed by atoms with Gasteiger partial charge in [-0.15, -0.1) is 0 Å². The highest BCUT2D eigenvalue weighted by molar-refractivity contribution is 5.94. The second-order valence-corrected chi connectivity index (χ2v) is 7.61. The van der Waals surface area contributed by atoms with Crippen molar-refractivity contribution in [3.05, 3.63) is 75.6 Å². The third-order valence-corrected chi connectivity index (χ3v) is 5.42. The van der Waals surface area contributed by atoms with Gasteiger partial charge in [-0.3, -0.25) is 14.4 Å². The summed E-state index contributed by atoms with van der Waals surface area (Å²) in [4.78, 5) is 36.9. The van der Waals surface area contributed by atoms with E-state index < -0.39 is 30.0 Å². The van der Waals surface area contributed by atoms with Crippen LogP contribution < -0.4 is 15.6 Å². The number of H-pyrrole nitrogens is 1. The highest BCUT2D eigenvalue weighted by Crippen LogP contribution is 2.30. The standard InChI is InChI=1S/C23H22N2O6/c26-18(12-24-15-9-13-3-1-2-4-14(13)10-15)16-5-7-19(31-22(30)11-21(28)29)23-17(16)6-8-20(27)25-23/h1-8,15,18,24,26H,9-12H2,(H,25,27)(H,28,29). The number of ether oxygens (including phenoxy) is 1. The van der Waals surface area contributed by atoms with E-state index in [9.17, 15) is 19.5 Å². The van der Waals surface area contributed by atoms with Gasteiger partial charge in [0.15, 0.2) is 5.75 Å². The predicted molar refractivity (Wildman–Crippen MR) is 113 cm³/mol. The van der Waals surface area contributed by atoms with Gasteiger partial charge in [0.1, 0.15) is 6.42 Å². The number of benzene rings is 2. The van der Waals surface area contributed by atoms with Gasteiger partial charge in [0, 0.05) is 24.0 Å². The van der Waals surface area contributed by atoms with Crippen molar-refractivity contribution in [2.75, 3.05) is 6.54 Å². The number of aromatic amines is 1. The van der Waals surface area contributed by atoms with Gasteiger partial charge in [0.05, 0.1) is 11.6 Å². The monoisotopic (exact) mass is 422 g/mol. The van der Waals surface area contributed by atoms with Gasteiger partial charge in [-0.1, -0.05) is 30.3 Å². The first-order valence-electron chi connectivity index (χ1n) is 9.97. The van der Waals surface area contributed by atoms with Gasteiger partial charge >= 0.3 is 11.9 Å². The van der Waals surface area contributed by atoms with Gasteiger partial charge < -0.3 is 25.3 Å². The maximum Gasteiger partial charge on any atom is 0.322 e. The molecule has 0 amide bonds. The van der Waals surface area contributed by atoms with Gasteiger partial charge in [-0.25, -0.2) is 0 Å². The molecule has 8 nitrogen and oxygen atoms in total. The van der Waals surface area contributed by atoms with Crippen LogP contribution in [0, 0.1) is 0 Å². The van der Waals surface area contributed by atoms with Crippen LogP contribution in [0.5, 0.6) is 5.75 Å². The molecule has 1 aromatic heterocycles. The van der Waals surface area contributed by atoms with Crippen molar-refractivity contribution < 1.29 is 24.5 Å². The van der Waals surface area contributed by atoms with E-state index in [-0.39, 0.29) is 17.3 Å². The first kappa shape index (κ1) is 20.8. The number of rotatable bonds is 7. The zero-order valence-electron chi connectivity index (χ0n) is 16.6. The number of aromatic nitrogens is 1. The average Bonchev–Trinajstić information content (AvgIpc) is 3.15. The molecule has 1 atom stereocenters. The van der Waals surface area contributed by atoms with Crippen molar-refractivity contribution in [3.8, 4) is 5.75 Å². The summed E-state index contributed by atoms with van der Waals surface area (Å²) in [5, 5.41) is 23.5. The number of aliphatic hydroxyl groups is 1. The highest BCUT2D eigenvalue weighted by atomic mass is 16.5. The van der Waals surface area contributed by atoms with Crippen molar-refractivity contribution >= 4 is 22.8 Å². The minimum Gasteiger partial charge on any atom is -0.481 e. The topological polar surface area (TPSA) is 129 Å². The highest BCUT2D eigenvalue weighted by Gasteiger charge is 2.22. The van der Waals surface area contributed by atoms with Crippen LogP contribution in [-0.2, 0) is 22.4 Å². The van der Waals surface area contributed by atoms with E-state index in [0.29, 0.717) is 17.5 Å². The normalized spacial score (nSPS) is 14.4. The fourth-order valence-electron chi connectivity index (χ4n) is 4.00. The van der Waals surface area contributed by atoms with Gasteiger partial charge in [-0.05, 0) is 41.7 Å². The van der Waals surface area contributed by atoms with Crippen LogP contribution in [0.25, 0.3) is 10.9 Å². The summed E-state index contributed by atoms with van der Waals surface area (Å²) in [6.45, 7) is 0.311. The Morgan fingerprint density at radius 2 is 1.81 bits per heavy atom. The minimum atomic E-state index is -1.31. The van der Waals surface area contributed by atoms with Gasteiger partial charge in [0.2, 0.25) is 5.56 Å². The molecule has 0 spiro atoms. The van der Waals surface area contributed by atoms with E-state index in [1.165, 1.54) is 23.3 Å². The number of aliphatic carboxylic acids is 1. The van der Waals surface area contributed by atoms with E-state index in [1.54, 1.807) is 12.1 Å². The van der Waals surface area contributed by atoms with Crippen LogP contribution in [-0.4, -0.2) is 39.7 Å². The SMILES string of the molecule is O=C(O)CC(=O)Oc1ccc(C(O)CNC2Cc3ccccc3C2)c2ccc(=O)[nH]c12. The first-order valence-corrected chi connectivity index (χ1v) is 9.97. The Morgan fingerprint density at radius 3 is 2.48 bits per heavy atom. The molecule has 1 aliphatic carbocycles. The van der Waals surface area contributed by atoms with Crippen molar-refractivity contribution in [1.82, 2.24) is 10.3 Å². The molecule has 0 aliphatic heterocycles. The average molecular weight is 422 g/mol. The Bertz CT molecular complexity index is 1180. The fraction of sp³-hybridized carbons (Fsp3) is 0.261. The summed E-state index contributed by atoms with van der Waals surface area (Å²) >= 11 is 0. The summed E-state index contributed by atoms with van der Waals surface area (Å²) in [7, 11) is 0. The summed E-state index contributed by atoms with van der Waals surface area (Å²) in [5.41, 5.74) is 3.01. The summed E-state index contributed by atoms with van der Waals surface area (Å²) in [5.74, 6) is -2.22. The number of nitrogens with one attached hydrogen (secondary N) is 2. The van der Waals surface area contributed by atoms with Crippen LogP contribution in [0.3, 0.4) is 0 Å². The lowest BCUT2D eigenvalue weighted by Crippen LogP contribution is -2.33. The van der Waals surface area contributed by atoms with Crippen LogP contribution in [0.4, 0.5) is 0 Å². The lowest BCUT2D eigenvalue weighted by atomic mass is 10.0.